The highest BCUT2D eigenvalue weighted by molar-refractivity contribution is 7.17. The summed E-state index contributed by atoms with van der Waals surface area (Å²) in [6, 6.07) is 8.94. The molecule has 1 aromatic carbocycles. The van der Waals surface area contributed by atoms with Crippen LogP contribution in [0, 0.1) is 0 Å². The summed E-state index contributed by atoms with van der Waals surface area (Å²) in [6.07, 6.45) is 1.76. The van der Waals surface area contributed by atoms with Crippen LogP contribution in [0.25, 0.3) is 0 Å². The first-order valence-corrected chi connectivity index (χ1v) is 7.60. The average molecular weight is 339 g/mol. The summed E-state index contributed by atoms with van der Waals surface area (Å²) in [5.74, 6) is 0.995. The van der Waals surface area contributed by atoms with Crippen LogP contribution < -0.4 is 14.9 Å². The van der Waals surface area contributed by atoms with E-state index in [2.05, 4.69) is 10.5 Å². The number of hydrogen-bond acceptors (Lipinski definition) is 5. The molecule has 0 aliphatic rings. The highest BCUT2D eigenvalue weighted by Gasteiger charge is 2.07. The first-order chi connectivity index (χ1) is 10.6. The molecule has 1 amide bonds. The Morgan fingerprint density at radius 3 is 2.68 bits per heavy atom. The molecule has 0 aliphatic carbocycles. The molecule has 2 rings (SSSR count). The zero-order valence-electron chi connectivity index (χ0n) is 12.1. The molecule has 2 aromatic rings. The minimum absolute atomic E-state index is 0.197. The first kappa shape index (κ1) is 16.3. The number of rotatable bonds is 6. The monoisotopic (exact) mass is 338 g/mol. The molecule has 0 saturated heterocycles. The van der Waals surface area contributed by atoms with Crippen LogP contribution in [0.4, 0.5) is 0 Å². The van der Waals surface area contributed by atoms with Gasteiger partial charge in [-0.3, -0.25) is 4.79 Å². The van der Waals surface area contributed by atoms with E-state index >= 15 is 0 Å². The normalized spacial score (nSPS) is 10.7. The molecule has 116 valence electrons. The summed E-state index contributed by atoms with van der Waals surface area (Å²) in [5.41, 5.74) is 3.29. The topological polar surface area (TPSA) is 59.9 Å². The van der Waals surface area contributed by atoms with Crippen LogP contribution in [0.15, 0.2) is 35.4 Å². The van der Waals surface area contributed by atoms with E-state index in [-0.39, 0.29) is 12.3 Å². The Hall–Kier alpha value is -2.05. The molecule has 22 heavy (non-hydrogen) atoms. The average Bonchev–Trinajstić information content (AvgIpc) is 2.92. The largest absolute Gasteiger partial charge is 0.493 e. The number of hydrogen-bond donors (Lipinski definition) is 1. The third-order valence-electron chi connectivity index (χ3n) is 2.79. The lowest BCUT2D eigenvalue weighted by Gasteiger charge is -2.09. The number of ether oxygens (including phenoxy) is 2. The summed E-state index contributed by atoms with van der Waals surface area (Å²) in [4.78, 5) is 12.7. The minimum Gasteiger partial charge on any atom is -0.493 e. The number of methoxy groups -OCH3 is 2. The molecule has 1 aromatic heterocycles. The van der Waals surface area contributed by atoms with Crippen molar-refractivity contribution >= 4 is 35.1 Å². The fourth-order valence-electron chi connectivity index (χ4n) is 1.78. The number of carbonyl (C=O) groups excluding carboxylic acids is 1. The third kappa shape index (κ3) is 4.47. The molecule has 7 heteroatoms. The van der Waals surface area contributed by atoms with E-state index in [1.54, 1.807) is 38.6 Å². The van der Waals surface area contributed by atoms with E-state index in [9.17, 15) is 4.79 Å². The van der Waals surface area contributed by atoms with Crippen molar-refractivity contribution in [2.24, 2.45) is 5.10 Å². The predicted molar refractivity (Wildman–Crippen MR) is 88.3 cm³/mol. The lowest BCUT2D eigenvalue weighted by Crippen LogP contribution is -2.19. The molecule has 0 unspecified atom stereocenters. The summed E-state index contributed by atoms with van der Waals surface area (Å²) in [7, 11) is 3.12. The fraction of sp³-hybridized carbons (Fsp3) is 0.200. The van der Waals surface area contributed by atoms with Gasteiger partial charge in [0, 0.05) is 4.88 Å². The molecule has 5 nitrogen and oxygen atoms in total. The minimum atomic E-state index is -0.217. The smallest absolute Gasteiger partial charge is 0.244 e. The van der Waals surface area contributed by atoms with Gasteiger partial charge >= 0.3 is 0 Å². The van der Waals surface area contributed by atoms with Crippen LogP contribution >= 0.6 is 22.9 Å². The van der Waals surface area contributed by atoms with Crippen molar-refractivity contribution in [1.82, 2.24) is 5.43 Å². The van der Waals surface area contributed by atoms with Gasteiger partial charge < -0.3 is 9.47 Å². The predicted octanol–water partition coefficient (Wildman–Crippen LogP) is 3.11. The van der Waals surface area contributed by atoms with E-state index in [0.29, 0.717) is 15.8 Å². The van der Waals surface area contributed by atoms with Gasteiger partial charge in [0.25, 0.3) is 0 Å². The van der Waals surface area contributed by atoms with Crippen LogP contribution in [0.1, 0.15) is 10.4 Å². The second kappa shape index (κ2) is 7.82. The molecule has 0 spiro atoms. The number of nitrogens with one attached hydrogen (secondary N) is 1. The number of thiophene rings is 1. The third-order valence-corrected chi connectivity index (χ3v) is 3.95. The van der Waals surface area contributed by atoms with Crippen LogP contribution in [-0.2, 0) is 11.2 Å². The number of carbonyl (C=O) groups is 1. The zero-order chi connectivity index (χ0) is 15.9. The van der Waals surface area contributed by atoms with Gasteiger partial charge in [0.1, 0.15) is 0 Å². The van der Waals surface area contributed by atoms with Gasteiger partial charge in [-0.05, 0) is 29.8 Å². The second-order valence-electron chi connectivity index (χ2n) is 4.30. The highest BCUT2D eigenvalue weighted by atomic mass is 35.5. The van der Waals surface area contributed by atoms with Crippen molar-refractivity contribution in [3.8, 4) is 11.5 Å². The molecule has 0 fully saturated rings. The van der Waals surface area contributed by atoms with Gasteiger partial charge in [-0.1, -0.05) is 17.7 Å². The van der Waals surface area contributed by atoms with Crippen molar-refractivity contribution < 1.29 is 14.3 Å². The maximum absolute atomic E-state index is 11.8. The van der Waals surface area contributed by atoms with Crippen molar-refractivity contribution in [3.05, 3.63) is 45.1 Å². The van der Waals surface area contributed by atoms with E-state index in [0.717, 1.165) is 10.4 Å². The number of hydrazone groups is 1. The zero-order valence-corrected chi connectivity index (χ0v) is 13.7. The van der Waals surface area contributed by atoms with Gasteiger partial charge in [0.05, 0.1) is 31.2 Å². The Morgan fingerprint density at radius 2 is 2.05 bits per heavy atom. The van der Waals surface area contributed by atoms with Crippen LogP contribution in [0.3, 0.4) is 0 Å². The van der Waals surface area contributed by atoms with E-state index < -0.39 is 0 Å². The Morgan fingerprint density at radius 1 is 1.27 bits per heavy atom. The maximum Gasteiger partial charge on any atom is 0.244 e. The van der Waals surface area contributed by atoms with Gasteiger partial charge in [-0.25, -0.2) is 5.43 Å². The summed E-state index contributed by atoms with van der Waals surface area (Å²) in [5, 5.41) is 3.90. The number of halogens is 1. The Balaban J connectivity index is 1.93. The molecular formula is C15H15ClN2O3S. The van der Waals surface area contributed by atoms with Crippen LogP contribution in [-0.4, -0.2) is 26.3 Å². The number of amides is 1. The second-order valence-corrected chi connectivity index (χ2v) is 6.05. The van der Waals surface area contributed by atoms with Crippen molar-refractivity contribution in [2.45, 2.75) is 6.42 Å². The maximum atomic E-state index is 11.8. The molecule has 0 radical (unpaired) electrons. The SMILES string of the molecule is COc1ccc(CC(=O)NN=Cc2ccc(Cl)s2)cc1OC. The quantitative estimate of drug-likeness (QED) is 0.650. The summed E-state index contributed by atoms with van der Waals surface area (Å²) >= 11 is 7.20. The molecule has 1 N–H and O–H groups in total. The van der Waals surface area contributed by atoms with Gasteiger partial charge in [0.2, 0.25) is 5.91 Å². The van der Waals surface area contributed by atoms with E-state index in [4.69, 9.17) is 21.1 Å². The number of benzene rings is 1. The molecule has 1 heterocycles. The summed E-state index contributed by atoms with van der Waals surface area (Å²) < 4.78 is 11.0. The van der Waals surface area contributed by atoms with Crippen molar-refractivity contribution in [1.29, 1.82) is 0 Å². The lowest BCUT2D eigenvalue weighted by atomic mass is 10.1. The Labute approximate surface area is 137 Å². The van der Waals surface area contributed by atoms with E-state index in [1.807, 2.05) is 12.1 Å². The molecule has 0 saturated carbocycles. The van der Waals surface area contributed by atoms with Crippen LogP contribution in [0.2, 0.25) is 4.34 Å². The molecular weight excluding hydrogens is 324 g/mol. The van der Waals surface area contributed by atoms with Gasteiger partial charge in [-0.2, -0.15) is 5.10 Å². The summed E-state index contributed by atoms with van der Waals surface area (Å²) in [6.45, 7) is 0. The van der Waals surface area contributed by atoms with E-state index in [1.165, 1.54) is 11.3 Å². The standard InChI is InChI=1S/C15H15ClN2O3S/c1-20-12-5-3-10(7-13(12)21-2)8-15(19)18-17-9-11-4-6-14(16)22-11/h3-7,9H,8H2,1-2H3,(H,18,19). The first-order valence-electron chi connectivity index (χ1n) is 6.40. The fourth-order valence-corrected chi connectivity index (χ4v) is 2.71. The van der Waals surface area contributed by atoms with Crippen LogP contribution in [0.5, 0.6) is 11.5 Å². The Kier molecular flexibility index (Phi) is 5.80. The Bertz CT molecular complexity index is 685. The highest BCUT2D eigenvalue weighted by Crippen LogP contribution is 2.27. The van der Waals surface area contributed by atoms with Gasteiger partial charge in [-0.15, -0.1) is 11.3 Å². The van der Waals surface area contributed by atoms with Crippen molar-refractivity contribution in [2.75, 3.05) is 14.2 Å². The lowest BCUT2D eigenvalue weighted by molar-refractivity contribution is -0.120. The molecule has 0 bridgehead atoms. The van der Waals surface area contributed by atoms with Gasteiger partial charge in [0.15, 0.2) is 11.5 Å². The molecule has 0 aliphatic heterocycles. The number of nitrogens with zero attached hydrogens (tertiary/aromatic N) is 1. The molecule has 0 atom stereocenters. The van der Waals surface area contributed by atoms with Crippen molar-refractivity contribution in [3.63, 3.8) is 0 Å².